The van der Waals surface area contributed by atoms with Crippen LogP contribution in [0.4, 0.5) is 4.39 Å². The van der Waals surface area contributed by atoms with Gasteiger partial charge in [-0.25, -0.2) is 4.39 Å². The molecule has 4 nitrogen and oxygen atoms in total. The third-order valence-electron chi connectivity index (χ3n) is 5.23. The Bertz CT molecular complexity index is 859. The zero-order chi connectivity index (χ0) is 17.7. The molecule has 0 amide bonds. The summed E-state index contributed by atoms with van der Waals surface area (Å²) in [6, 6.07) is 4.74. The first-order valence-electron chi connectivity index (χ1n) is 8.43. The minimum atomic E-state index is -0.423. The normalized spacial score (nSPS) is 26.4. The lowest BCUT2D eigenvalue weighted by Gasteiger charge is -2.38. The van der Waals surface area contributed by atoms with Gasteiger partial charge in [0.25, 0.3) is 0 Å². The molecule has 2 unspecified atom stereocenters. The molecule has 0 aromatic heterocycles. The number of rotatable bonds is 1. The van der Waals surface area contributed by atoms with Gasteiger partial charge in [-0.3, -0.25) is 9.59 Å². The third kappa shape index (κ3) is 2.68. The average molecular weight is 405 g/mol. The van der Waals surface area contributed by atoms with E-state index in [1.807, 2.05) is 6.92 Å². The first-order chi connectivity index (χ1) is 12.0. The van der Waals surface area contributed by atoms with Crippen LogP contribution in [0.15, 0.2) is 45.2 Å². The molecule has 1 aromatic rings. The molecule has 1 aromatic carbocycles. The molecule has 0 saturated carbocycles. The van der Waals surface area contributed by atoms with Crippen LogP contribution in [0.2, 0.25) is 0 Å². The second kappa shape index (κ2) is 6.18. The predicted octanol–water partition coefficient (Wildman–Crippen LogP) is 2.95. The van der Waals surface area contributed by atoms with Gasteiger partial charge in [0.2, 0.25) is 0 Å². The van der Waals surface area contributed by atoms with Crippen molar-refractivity contribution in [2.75, 3.05) is 13.1 Å². The Morgan fingerprint density at radius 2 is 1.96 bits per heavy atom. The zero-order valence-electron chi connectivity index (χ0n) is 13.8. The van der Waals surface area contributed by atoms with Crippen molar-refractivity contribution in [3.63, 3.8) is 0 Å². The number of halogens is 2. The molecule has 2 N–H and O–H groups in total. The van der Waals surface area contributed by atoms with Gasteiger partial charge in [-0.1, -0.05) is 13.0 Å². The summed E-state index contributed by atoms with van der Waals surface area (Å²) in [6.45, 7) is 2.75. The molecule has 4 rings (SSSR count). The molecule has 0 bridgehead atoms. The van der Waals surface area contributed by atoms with Gasteiger partial charge in [-0.2, -0.15) is 0 Å². The number of Topliss-reactive ketones (excluding diaryl/α,β-unsaturated/α-hetero) is 2. The van der Waals surface area contributed by atoms with E-state index in [4.69, 9.17) is 0 Å². The van der Waals surface area contributed by atoms with Crippen LogP contribution in [0, 0.1) is 11.7 Å². The quantitative estimate of drug-likeness (QED) is 0.755. The predicted molar refractivity (Wildman–Crippen MR) is 95.3 cm³/mol. The third-order valence-corrected chi connectivity index (χ3v) is 5.84. The lowest BCUT2D eigenvalue weighted by molar-refractivity contribution is -0.119. The summed E-state index contributed by atoms with van der Waals surface area (Å²) >= 11 is 3.23. The monoisotopic (exact) mass is 404 g/mol. The van der Waals surface area contributed by atoms with Gasteiger partial charge in [0, 0.05) is 40.9 Å². The van der Waals surface area contributed by atoms with Crippen LogP contribution in [-0.4, -0.2) is 24.7 Å². The van der Waals surface area contributed by atoms with E-state index in [1.54, 1.807) is 12.1 Å². The second-order valence-corrected chi connectivity index (χ2v) is 7.70. The SMILES string of the molecule is CC1CCC2=C(C1=O)C(c1ccc(F)c(Br)c1)C1=C(CNCC1=O)N2. The Balaban J connectivity index is 1.92. The van der Waals surface area contributed by atoms with Crippen molar-refractivity contribution in [3.05, 3.63) is 56.6 Å². The average Bonchev–Trinajstić information content (AvgIpc) is 2.59. The van der Waals surface area contributed by atoms with Crippen molar-refractivity contribution >= 4 is 27.5 Å². The van der Waals surface area contributed by atoms with Gasteiger partial charge in [-0.05, 0) is 46.5 Å². The van der Waals surface area contributed by atoms with Crippen LogP contribution in [0.25, 0.3) is 0 Å². The van der Waals surface area contributed by atoms with Crippen molar-refractivity contribution in [2.24, 2.45) is 5.92 Å². The van der Waals surface area contributed by atoms with Crippen LogP contribution in [-0.2, 0) is 9.59 Å². The number of benzene rings is 1. The summed E-state index contributed by atoms with van der Waals surface area (Å²) in [5, 5.41) is 6.43. The molecule has 0 radical (unpaired) electrons. The molecular weight excluding hydrogens is 387 g/mol. The van der Waals surface area contributed by atoms with E-state index in [2.05, 4.69) is 26.6 Å². The van der Waals surface area contributed by atoms with E-state index in [1.165, 1.54) is 6.07 Å². The summed E-state index contributed by atoms with van der Waals surface area (Å²) in [5.74, 6) is -0.783. The molecule has 1 aliphatic carbocycles. The van der Waals surface area contributed by atoms with Crippen LogP contribution in [0.3, 0.4) is 0 Å². The van der Waals surface area contributed by atoms with E-state index < -0.39 is 5.92 Å². The maximum atomic E-state index is 13.7. The van der Waals surface area contributed by atoms with Gasteiger partial charge >= 0.3 is 0 Å². The maximum Gasteiger partial charge on any atom is 0.175 e. The minimum Gasteiger partial charge on any atom is -0.360 e. The van der Waals surface area contributed by atoms with Crippen LogP contribution in [0.1, 0.15) is 31.2 Å². The van der Waals surface area contributed by atoms with Crippen molar-refractivity contribution in [1.82, 2.24) is 10.6 Å². The highest BCUT2D eigenvalue weighted by atomic mass is 79.9. The van der Waals surface area contributed by atoms with Crippen LogP contribution < -0.4 is 10.6 Å². The van der Waals surface area contributed by atoms with Crippen LogP contribution >= 0.6 is 15.9 Å². The van der Waals surface area contributed by atoms with Crippen LogP contribution in [0.5, 0.6) is 0 Å². The Labute approximate surface area is 153 Å². The molecule has 3 aliphatic rings. The molecular formula is C19H18BrFN2O2. The second-order valence-electron chi connectivity index (χ2n) is 6.85. The van der Waals surface area contributed by atoms with E-state index in [9.17, 15) is 14.0 Å². The molecule has 0 saturated heterocycles. The van der Waals surface area contributed by atoms with Gasteiger partial charge in [0.1, 0.15) is 5.82 Å². The molecule has 130 valence electrons. The molecule has 2 aliphatic heterocycles. The van der Waals surface area contributed by atoms with E-state index in [0.717, 1.165) is 29.8 Å². The summed E-state index contributed by atoms with van der Waals surface area (Å²) in [6.07, 6.45) is 1.58. The summed E-state index contributed by atoms with van der Waals surface area (Å²) < 4.78 is 14.1. The number of allylic oxidation sites excluding steroid dienone is 2. The Kier molecular flexibility index (Phi) is 4.12. The maximum absolute atomic E-state index is 13.7. The number of dihydropyridines is 1. The van der Waals surface area contributed by atoms with Gasteiger partial charge in [0.05, 0.1) is 11.0 Å². The number of ketones is 2. The molecule has 2 heterocycles. The standard InChI is InChI=1S/C19H18BrFN2O2/c1-9-2-5-13-18(19(9)25)16(10-3-4-12(21)11(20)6-10)17-14(23-13)7-22-8-15(17)24/h3-4,6,9,16,22-23H,2,5,7-8H2,1H3. The Morgan fingerprint density at radius 1 is 1.16 bits per heavy atom. The number of carbonyl (C=O) groups is 2. The fourth-order valence-corrected chi connectivity index (χ4v) is 4.34. The molecule has 25 heavy (non-hydrogen) atoms. The zero-order valence-corrected chi connectivity index (χ0v) is 15.4. The van der Waals surface area contributed by atoms with E-state index in [0.29, 0.717) is 22.2 Å². The van der Waals surface area contributed by atoms with Gasteiger partial charge in [-0.15, -0.1) is 0 Å². The smallest absolute Gasteiger partial charge is 0.175 e. The Hall–Kier alpha value is -1.79. The number of hydrogen-bond acceptors (Lipinski definition) is 4. The van der Waals surface area contributed by atoms with Gasteiger partial charge in [0.15, 0.2) is 11.6 Å². The molecule has 0 spiro atoms. The molecule has 0 fully saturated rings. The highest BCUT2D eigenvalue weighted by Crippen LogP contribution is 2.44. The largest absolute Gasteiger partial charge is 0.360 e. The van der Waals surface area contributed by atoms with E-state index in [-0.39, 0.29) is 29.8 Å². The highest BCUT2D eigenvalue weighted by Gasteiger charge is 2.42. The number of hydrogen-bond donors (Lipinski definition) is 2. The van der Waals surface area contributed by atoms with E-state index >= 15 is 0 Å². The lowest BCUT2D eigenvalue weighted by atomic mass is 9.71. The summed E-state index contributed by atoms with van der Waals surface area (Å²) in [4.78, 5) is 25.6. The molecule has 6 heteroatoms. The summed E-state index contributed by atoms with van der Waals surface area (Å²) in [7, 11) is 0. The first-order valence-corrected chi connectivity index (χ1v) is 9.23. The number of carbonyl (C=O) groups excluding carboxylic acids is 2. The first kappa shape index (κ1) is 16.7. The number of nitrogens with one attached hydrogen (secondary N) is 2. The fraction of sp³-hybridized carbons (Fsp3) is 0.368. The fourth-order valence-electron chi connectivity index (χ4n) is 3.95. The Morgan fingerprint density at radius 3 is 2.72 bits per heavy atom. The summed E-state index contributed by atoms with van der Waals surface area (Å²) in [5.41, 5.74) is 3.82. The molecule has 2 atom stereocenters. The lowest BCUT2D eigenvalue weighted by Crippen LogP contribution is -2.45. The minimum absolute atomic E-state index is 0.0169. The topological polar surface area (TPSA) is 58.2 Å². The van der Waals surface area contributed by atoms with Gasteiger partial charge < -0.3 is 10.6 Å². The van der Waals surface area contributed by atoms with Crippen molar-refractivity contribution in [2.45, 2.75) is 25.7 Å². The van der Waals surface area contributed by atoms with Crippen molar-refractivity contribution < 1.29 is 14.0 Å². The highest BCUT2D eigenvalue weighted by molar-refractivity contribution is 9.10. The van der Waals surface area contributed by atoms with Crippen molar-refractivity contribution in [1.29, 1.82) is 0 Å². The van der Waals surface area contributed by atoms with Crippen molar-refractivity contribution in [3.8, 4) is 0 Å².